The quantitative estimate of drug-likeness (QED) is 0.868. The van der Waals surface area contributed by atoms with E-state index in [0.717, 1.165) is 0 Å². The second kappa shape index (κ2) is 5.80. The minimum Gasteiger partial charge on any atom is -0.469 e. The highest BCUT2D eigenvalue weighted by Gasteiger charge is 2.40. The second-order valence-corrected chi connectivity index (χ2v) is 5.17. The van der Waals surface area contributed by atoms with Gasteiger partial charge in [-0.15, -0.1) is 0 Å². The minimum atomic E-state index is -1.60. The third-order valence-corrected chi connectivity index (χ3v) is 3.54. The van der Waals surface area contributed by atoms with E-state index >= 15 is 0 Å². The summed E-state index contributed by atoms with van der Waals surface area (Å²) in [6.07, 6.45) is 0.356. The Hall–Kier alpha value is -0.940. The molecule has 0 amide bonds. The van der Waals surface area contributed by atoms with E-state index in [1.807, 2.05) is 0 Å². The van der Waals surface area contributed by atoms with Crippen molar-refractivity contribution in [1.29, 1.82) is 0 Å². The van der Waals surface area contributed by atoms with E-state index in [1.165, 1.54) is 26.2 Å². The van der Waals surface area contributed by atoms with Crippen molar-refractivity contribution in [2.75, 3.05) is 7.11 Å². The van der Waals surface area contributed by atoms with Crippen LogP contribution in [0.3, 0.4) is 0 Å². The van der Waals surface area contributed by atoms with Gasteiger partial charge in [0.05, 0.1) is 13.0 Å². The summed E-state index contributed by atoms with van der Waals surface area (Å²) in [5.41, 5.74) is -1.52. The molecule has 1 aromatic carbocycles. The fourth-order valence-electron chi connectivity index (χ4n) is 2.02. The van der Waals surface area contributed by atoms with Crippen molar-refractivity contribution in [1.82, 2.24) is 0 Å². The molecule has 0 aliphatic rings. The fraction of sp³-hybridized carbons (Fsp3) is 0.462. The normalized spacial score (nSPS) is 15.9. The minimum absolute atomic E-state index is 0.0861. The summed E-state index contributed by atoms with van der Waals surface area (Å²) >= 11 is 3.15. The Bertz CT molecular complexity index is 446. The van der Waals surface area contributed by atoms with Gasteiger partial charge in [0.1, 0.15) is 11.4 Å². The lowest BCUT2D eigenvalue weighted by molar-refractivity contribution is -0.156. The lowest BCUT2D eigenvalue weighted by atomic mass is 9.81. The van der Waals surface area contributed by atoms with Crippen LogP contribution >= 0.6 is 15.9 Å². The largest absolute Gasteiger partial charge is 0.469 e. The summed E-state index contributed by atoms with van der Waals surface area (Å²) in [5.74, 6) is -1.92. The lowest BCUT2D eigenvalue weighted by Gasteiger charge is -2.31. The number of ether oxygens (including phenoxy) is 1. The molecule has 100 valence electrons. The molecule has 0 saturated heterocycles. The van der Waals surface area contributed by atoms with Crippen LogP contribution in [0.5, 0.6) is 0 Å². The first-order chi connectivity index (χ1) is 8.34. The molecule has 1 aromatic rings. The Morgan fingerprint density at radius 2 is 2.22 bits per heavy atom. The van der Waals surface area contributed by atoms with Crippen LogP contribution in [0.2, 0.25) is 0 Å². The van der Waals surface area contributed by atoms with Crippen LogP contribution in [0.15, 0.2) is 22.7 Å². The molecular weight excluding hydrogens is 303 g/mol. The average molecular weight is 319 g/mol. The Labute approximate surface area is 114 Å². The molecule has 0 spiro atoms. The van der Waals surface area contributed by atoms with Gasteiger partial charge in [0.25, 0.3) is 0 Å². The predicted molar refractivity (Wildman–Crippen MR) is 69.5 cm³/mol. The summed E-state index contributed by atoms with van der Waals surface area (Å²) in [7, 11) is 1.25. The van der Waals surface area contributed by atoms with Crippen LogP contribution in [-0.2, 0) is 15.1 Å². The zero-order valence-corrected chi connectivity index (χ0v) is 12.1. The van der Waals surface area contributed by atoms with Gasteiger partial charge in [-0.3, -0.25) is 4.79 Å². The van der Waals surface area contributed by atoms with Crippen LogP contribution in [0.25, 0.3) is 0 Å². The molecule has 0 saturated carbocycles. The van der Waals surface area contributed by atoms with Gasteiger partial charge in [-0.05, 0) is 25.5 Å². The van der Waals surface area contributed by atoms with E-state index in [-0.39, 0.29) is 5.56 Å². The van der Waals surface area contributed by atoms with Crippen LogP contribution in [0, 0.1) is 11.7 Å². The fourth-order valence-corrected chi connectivity index (χ4v) is 2.36. The van der Waals surface area contributed by atoms with E-state index in [4.69, 9.17) is 0 Å². The first kappa shape index (κ1) is 15.1. The van der Waals surface area contributed by atoms with Crippen molar-refractivity contribution in [3.8, 4) is 0 Å². The maximum absolute atomic E-state index is 13.9. The maximum atomic E-state index is 13.9. The topological polar surface area (TPSA) is 46.5 Å². The average Bonchev–Trinajstić information content (AvgIpc) is 2.28. The number of rotatable bonds is 4. The molecule has 0 bridgehead atoms. The van der Waals surface area contributed by atoms with Gasteiger partial charge in [-0.2, -0.15) is 0 Å². The summed E-state index contributed by atoms with van der Waals surface area (Å²) < 4.78 is 19.1. The number of aliphatic hydroxyl groups is 1. The molecule has 3 nitrogen and oxygen atoms in total. The summed E-state index contributed by atoms with van der Waals surface area (Å²) in [4.78, 5) is 11.6. The van der Waals surface area contributed by atoms with Crippen LogP contribution in [-0.4, -0.2) is 18.2 Å². The number of hydrogen-bond donors (Lipinski definition) is 1. The smallest absolute Gasteiger partial charge is 0.311 e. The van der Waals surface area contributed by atoms with Gasteiger partial charge in [0, 0.05) is 10.0 Å². The molecule has 0 fully saturated rings. The van der Waals surface area contributed by atoms with Crippen LogP contribution in [0.1, 0.15) is 25.8 Å². The van der Waals surface area contributed by atoms with Gasteiger partial charge in [0.2, 0.25) is 0 Å². The van der Waals surface area contributed by atoms with Crippen molar-refractivity contribution >= 4 is 21.9 Å². The lowest BCUT2D eigenvalue weighted by Crippen LogP contribution is -2.38. The molecule has 0 aromatic heterocycles. The van der Waals surface area contributed by atoms with Crippen LogP contribution in [0.4, 0.5) is 4.39 Å². The molecule has 0 aliphatic heterocycles. The van der Waals surface area contributed by atoms with Crippen LogP contribution < -0.4 is 0 Å². The highest BCUT2D eigenvalue weighted by Crippen LogP contribution is 2.34. The summed E-state index contributed by atoms with van der Waals surface area (Å²) in [6.45, 7) is 3.16. The first-order valence-corrected chi connectivity index (χ1v) is 6.39. The number of esters is 1. The zero-order valence-electron chi connectivity index (χ0n) is 10.5. The number of hydrogen-bond acceptors (Lipinski definition) is 3. The van der Waals surface area contributed by atoms with Crippen molar-refractivity contribution in [2.45, 2.75) is 25.9 Å². The number of halogens is 2. The molecule has 18 heavy (non-hydrogen) atoms. The highest BCUT2D eigenvalue weighted by atomic mass is 79.9. The number of methoxy groups -OCH3 is 1. The molecule has 2 unspecified atom stereocenters. The van der Waals surface area contributed by atoms with E-state index < -0.39 is 23.3 Å². The van der Waals surface area contributed by atoms with Crippen molar-refractivity contribution < 1.29 is 19.0 Å². The third-order valence-electron chi connectivity index (χ3n) is 3.05. The van der Waals surface area contributed by atoms with Crippen molar-refractivity contribution in [3.05, 3.63) is 34.1 Å². The molecule has 2 atom stereocenters. The van der Waals surface area contributed by atoms with Gasteiger partial charge in [-0.1, -0.05) is 28.9 Å². The molecule has 5 heteroatoms. The second-order valence-electron chi connectivity index (χ2n) is 4.26. The number of carbonyl (C=O) groups is 1. The Balaban J connectivity index is 3.22. The molecule has 1 rings (SSSR count). The summed E-state index contributed by atoms with van der Waals surface area (Å²) in [6, 6.07) is 4.34. The Morgan fingerprint density at radius 1 is 1.61 bits per heavy atom. The Morgan fingerprint density at radius 3 is 2.67 bits per heavy atom. The molecule has 1 N–H and O–H groups in total. The van der Waals surface area contributed by atoms with E-state index in [1.54, 1.807) is 13.0 Å². The first-order valence-electron chi connectivity index (χ1n) is 5.60. The molecular formula is C13H16BrFO3. The van der Waals surface area contributed by atoms with Crippen molar-refractivity contribution in [3.63, 3.8) is 0 Å². The zero-order chi connectivity index (χ0) is 13.9. The van der Waals surface area contributed by atoms with E-state index in [2.05, 4.69) is 20.7 Å². The maximum Gasteiger partial charge on any atom is 0.311 e. The monoisotopic (exact) mass is 318 g/mol. The van der Waals surface area contributed by atoms with Gasteiger partial charge in [-0.25, -0.2) is 4.39 Å². The molecule has 0 radical (unpaired) electrons. The Kier molecular flexibility index (Phi) is 4.87. The summed E-state index contributed by atoms with van der Waals surface area (Å²) in [5, 5.41) is 10.5. The predicted octanol–water partition coefficient (Wildman–Crippen LogP) is 2.99. The highest BCUT2D eigenvalue weighted by molar-refractivity contribution is 9.10. The van der Waals surface area contributed by atoms with Gasteiger partial charge < -0.3 is 9.84 Å². The SMILES string of the molecule is CCC(C(=O)OC)C(C)(O)c1ccc(Br)cc1F. The third kappa shape index (κ3) is 2.90. The van der Waals surface area contributed by atoms with Gasteiger partial charge >= 0.3 is 5.97 Å². The van der Waals surface area contributed by atoms with Gasteiger partial charge in [0.15, 0.2) is 0 Å². The standard InChI is InChI=1S/C13H16BrFO3/c1-4-9(12(16)18-3)13(2,17)10-6-5-8(14)7-11(10)15/h5-7,9,17H,4H2,1-3H3. The number of carbonyl (C=O) groups excluding carboxylic acids is 1. The molecule has 0 aliphatic carbocycles. The number of benzene rings is 1. The molecule has 0 heterocycles. The van der Waals surface area contributed by atoms with E-state index in [0.29, 0.717) is 10.9 Å². The van der Waals surface area contributed by atoms with E-state index in [9.17, 15) is 14.3 Å². The van der Waals surface area contributed by atoms with Crippen molar-refractivity contribution in [2.24, 2.45) is 5.92 Å².